The largest absolute Gasteiger partial charge is 0.493 e. The van der Waals surface area contributed by atoms with Gasteiger partial charge >= 0.3 is 18.1 Å². The summed E-state index contributed by atoms with van der Waals surface area (Å²) < 4.78 is 66.6. The van der Waals surface area contributed by atoms with Crippen LogP contribution >= 0.6 is 45.5 Å². The molecule has 0 bridgehead atoms. The Labute approximate surface area is 300 Å². The highest BCUT2D eigenvalue weighted by molar-refractivity contribution is 14.1. The molecule has 1 atom stereocenters. The van der Waals surface area contributed by atoms with Gasteiger partial charge in [-0.2, -0.15) is 13.2 Å². The number of rotatable bonds is 10. The maximum absolute atomic E-state index is 14.4. The molecule has 0 spiro atoms. The Bertz CT molecular complexity index is 2110. The number of nitrogens with zero attached hydrogens (tertiary/aromatic N) is 2. The summed E-state index contributed by atoms with van der Waals surface area (Å²) in [6, 6.07) is 14.5. The Kier molecular flexibility index (Phi) is 11.2. The average molecular weight is 827 g/mol. The van der Waals surface area contributed by atoms with Gasteiger partial charge in [0.05, 0.1) is 45.6 Å². The van der Waals surface area contributed by atoms with E-state index in [1.165, 1.54) is 44.4 Å². The van der Waals surface area contributed by atoms with Crippen molar-refractivity contribution in [1.29, 1.82) is 0 Å². The Morgan fingerprint density at radius 3 is 2.29 bits per heavy atom. The van der Waals surface area contributed by atoms with Crippen molar-refractivity contribution in [3.63, 3.8) is 0 Å². The number of methoxy groups -OCH3 is 1. The number of ether oxygens (including phenoxy) is 4. The summed E-state index contributed by atoms with van der Waals surface area (Å²) in [6.45, 7) is 3.43. The molecule has 0 saturated carbocycles. The lowest BCUT2D eigenvalue weighted by Gasteiger charge is -2.26. The first kappa shape index (κ1) is 36.1. The van der Waals surface area contributed by atoms with Gasteiger partial charge in [-0.3, -0.25) is 9.36 Å². The normalized spacial score (nSPS) is 14.6. The van der Waals surface area contributed by atoms with Crippen LogP contribution in [-0.4, -0.2) is 43.0 Å². The van der Waals surface area contributed by atoms with E-state index in [0.29, 0.717) is 31.2 Å². The molecule has 3 aromatic carbocycles. The van der Waals surface area contributed by atoms with Crippen LogP contribution in [0.1, 0.15) is 46.9 Å². The number of alkyl halides is 3. The fraction of sp³-hybridized carbons (Fsp3) is 0.235. The molecule has 0 N–H and O–H groups in total. The summed E-state index contributed by atoms with van der Waals surface area (Å²) in [5.41, 5.74) is -0.986. The molecule has 49 heavy (non-hydrogen) atoms. The summed E-state index contributed by atoms with van der Waals surface area (Å²) in [4.78, 5) is 42.5. The molecular weight excluding hydrogens is 800 g/mol. The van der Waals surface area contributed by atoms with Gasteiger partial charge in [0, 0.05) is 5.02 Å². The van der Waals surface area contributed by atoms with E-state index in [1.54, 1.807) is 43.3 Å². The fourth-order valence-electron chi connectivity index (χ4n) is 5.02. The average Bonchev–Trinajstić information content (AvgIpc) is 3.37. The molecule has 1 aliphatic heterocycles. The first-order valence-corrected chi connectivity index (χ1v) is 17.0. The predicted octanol–water partition coefficient (Wildman–Crippen LogP) is 6.36. The molecule has 0 radical (unpaired) electrons. The Hall–Kier alpha value is -4.15. The number of aromatic nitrogens is 1. The van der Waals surface area contributed by atoms with Crippen LogP contribution in [0.3, 0.4) is 0 Å². The third kappa shape index (κ3) is 7.86. The number of carbonyl (C=O) groups is 2. The molecular formula is C34H27ClF3IN2O7S. The summed E-state index contributed by atoms with van der Waals surface area (Å²) in [6.07, 6.45) is -3.52. The van der Waals surface area contributed by atoms with E-state index >= 15 is 0 Å². The number of esters is 2. The van der Waals surface area contributed by atoms with Crippen LogP contribution in [0.15, 0.2) is 81.7 Å². The highest BCUT2D eigenvalue weighted by Gasteiger charge is 2.45. The van der Waals surface area contributed by atoms with Crippen LogP contribution in [0.2, 0.25) is 5.02 Å². The maximum Gasteiger partial charge on any atom is 0.434 e. The number of allylic oxidation sites excluding steroid dienone is 1. The molecule has 9 nitrogen and oxygen atoms in total. The number of benzene rings is 3. The first-order chi connectivity index (χ1) is 23.4. The second-order valence-corrected chi connectivity index (χ2v) is 13.0. The predicted molar refractivity (Wildman–Crippen MR) is 185 cm³/mol. The molecule has 1 aromatic heterocycles. The zero-order valence-electron chi connectivity index (χ0n) is 26.1. The van der Waals surface area contributed by atoms with Gasteiger partial charge in [-0.25, -0.2) is 14.6 Å². The highest BCUT2D eigenvalue weighted by Crippen LogP contribution is 2.39. The van der Waals surface area contributed by atoms with Gasteiger partial charge in [0.15, 0.2) is 22.0 Å². The van der Waals surface area contributed by atoms with Crippen LogP contribution in [0.25, 0.3) is 6.08 Å². The van der Waals surface area contributed by atoms with E-state index < -0.39 is 41.0 Å². The van der Waals surface area contributed by atoms with Crippen LogP contribution in [0.4, 0.5) is 13.2 Å². The summed E-state index contributed by atoms with van der Waals surface area (Å²) in [5.74, 6) is -0.891. The number of hydrogen-bond donors (Lipinski definition) is 0. The molecule has 0 aliphatic carbocycles. The Morgan fingerprint density at radius 2 is 1.67 bits per heavy atom. The molecule has 0 fully saturated rings. The van der Waals surface area contributed by atoms with Crippen LogP contribution in [0, 0.1) is 3.57 Å². The summed E-state index contributed by atoms with van der Waals surface area (Å²) in [7, 11) is 1.45. The molecule has 256 valence electrons. The number of fused-ring (bicyclic) bond motifs is 1. The molecule has 2 heterocycles. The van der Waals surface area contributed by atoms with Gasteiger partial charge in [-0.15, -0.1) is 0 Å². The standard InChI is InChI=1S/C34H27ClF3IN2O7S/c1-4-46-31(43)21-8-6-18(7-9-21)17-48-28-23(39)14-19(15-24(28)45-3)16-25-30(42)41-27(20-10-12-22(35)13-11-20)26(32(44)47-5-2)29(34(36,37)38)40-33(41)49-25/h6-16,27H,4-5,17H2,1-3H3/b25-16-/t27-/m0/s1. The lowest BCUT2D eigenvalue weighted by Crippen LogP contribution is -2.41. The molecule has 5 rings (SSSR count). The van der Waals surface area contributed by atoms with E-state index in [2.05, 4.69) is 27.6 Å². The SMILES string of the molecule is CCOC(=O)C1=C(C(F)(F)F)N=c2s/c(=C\c3cc(I)c(OCc4ccc(C(=O)OCC)cc4)c(OC)c3)c(=O)n2[C@H]1c1ccc(Cl)cc1. The minimum absolute atomic E-state index is 0.0672. The van der Waals surface area contributed by atoms with Gasteiger partial charge in [0.1, 0.15) is 6.61 Å². The van der Waals surface area contributed by atoms with Gasteiger partial charge in [-0.1, -0.05) is 47.2 Å². The van der Waals surface area contributed by atoms with Gasteiger partial charge in [0.25, 0.3) is 5.56 Å². The van der Waals surface area contributed by atoms with Crippen LogP contribution < -0.4 is 24.4 Å². The minimum Gasteiger partial charge on any atom is -0.493 e. The van der Waals surface area contributed by atoms with E-state index in [0.717, 1.165) is 21.5 Å². The summed E-state index contributed by atoms with van der Waals surface area (Å²) >= 11 is 8.85. The van der Waals surface area contributed by atoms with Crippen LogP contribution in [0.5, 0.6) is 11.5 Å². The quantitative estimate of drug-likeness (QED) is 0.135. The Morgan fingerprint density at radius 1 is 1.02 bits per heavy atom. The molecule has 0 amide bonds. The van der Waals surface area contributed by atoms with Crippen molar-refractivity contribution in [1.82, 2.24) is 4.57 Å². The highest BCUT2D eigenvalue weighted by atomic mass is 127. The van der Waals surface area contributed by atoms with E-state index in [-0.39, 0.29) is 34.7 Å². The smallest absolute Gasteiger partial charge is 0.434 e. The second kappa shape index (κ2) is 15.2. The zero-order valence-corrected chi connectivity index (χ0v) is 29.8. The van der Waals surface area contributed by atoms with Crippen molar-refractivity contribution in [2.75, 3.05) is 20.3 Å². The third-order valence-electron chi connectivity index (χ3n) is 7.18. The van der Waals surface area contributed by atoms with Crippen molar-refractivity contribution in [3.8, 4) is 11.5 Å². The molecule has 1 aliphatic rings. The van der Waals surface area contributed by atoms with Gasteiger partial charge < -0.3 is 18.9 Å². The number of thiazole rings is 1. The minimum atomic E-state index is -5.02. The molecule has 0 saturated heterocycles. The number of hydrogen-bond acceptors (Lipinski definition) is 9. The van der Waals surface area contributed by atoms with Crippen molar-refractivity contribution >= 4 is 63.5 Å². The molecule has 15 heteroatoms. The number of halogens is 5. The third-order valence-corrected chi connectivity index (χ3v) is 9.21. The van der Waals surface area contributed by atoms with E-state index in [1.807, 2.05) is 0 Å². The van der Waals surface area contributed by atoms with Gasteiger partial charge in [-0.05, 0) is 95.6 Å². The molecule has 0 unspecified atom stereocenters. The van der Waals surface area contributed by atoms with Crippen molar-refractivity contribution in [2.24, 2.45) is 4.99 Å². The van der Waals surface area contributed by atoms with Crippen molar-refractivity contribution < 1.29 is 41.7 Å². The fourth-order valence-corrected chi connectivity index (χ4v) is 6.93. The topological polar surface area (TPSA) is 105 Å². The Balaban J connectivity index is 1.55. The van der Waals surface area contributed by atoms with Crippen molar-refractivity contribution in [3.05, 3.63) is 122 Å². The van der Waals surface area contributed by atoms with Crippen LogP contribution in [-0.2, 0) is 20.9 Å². The summed E-state index contributed by atoms with van der Waals surface area (Å²) in [5, 5.41) is 0.316. The number of carbonyl (C=O) groups excluding carboxylic acids is 2. The van der Waals surface area contributed by atoms with E-state index in [4.69, 9.17) is 30.5 Å². The van der Waals surface area contributed by atoms with E-state index in [9.17, 15) is 27.6 Å². The van der Waals surface area contributed by atoms with Gasteiger partial charge in [0.2, 0.25) is 0 Å². The van der Waals surface area contributed by atoms with Crippen molar-refractivity contribution in [2.45, 2.75) is 32.7 Å². The zero-order chi connectivity index (χ0) is 35.5. The lowest BCUT2D eigenvalue weighted by atomic mass is 9.95. The second-order valence-electron chi connectivity index (χ2n) is 10.4. The first-order valence-electron chi connectivity index (χ1n) is 14.7. The molecule has 4 aromatic rings. The lowest BCUT2D eigenvalue weighted by molar-refractivity contribution is -0.140. The maximum atomic E-state index is 14.4. The monoisotopic (exact) mass is 826 g/mol.